The molecule has 0 aliphatic carbocycles. The van der Waals surface area contributed by atoms with Crippen molar-refractivity contribution < 1.29 is 17.9 Å². The number of carbonyl (C=O) groups is 1. The van der Waals surface area contributed by atoms with Crippen LogP contribution in [0.2, 0.25) is 0 Å². The highest BCUT2D eigenvalue weighted by Gasteiger charge is 2.38. The van der Waals surface area contributed by atoms with Crippen LogP contribution < -0.4 is 14.4 Å². The molecule has 0 bridgehead atoms. The van der Waals surface area contributed by atoms with Gasteiger partial charge in [-0.25, -0.2) is 8.42 Å². The van der Waals surface area contributed by atoms with Gasteiger partial charge in [0, 0.05) is 6.54 Å². The number of benzene rings is 2. The van der Waals surface area contributed by atoms with E-state index in [2.05, 4.69) is 26.1 Å². The van der Waals surface area contributed by atoms with Crippen LogP contribution in [0.15, 0.2) is 53.4 Å². The second-order valence-corrected chi connectivity index (χ2v) is 9.65. The molecule has 6 nitrogen and oxygen atoms in total. The predicted octanol–water partition coefficient (Wildman–Crippen LogP) is 3.08. The zero-order valence-corrected chi connectivity index (χ0v) is 17.4. The van der Waals surface area contributed by atoms with Gasteiger partial charge in [-0.3, -0.25) is 9.10 Å². The Morgan fingerprint density at radius 1 is 1.18 bits per heavy atom. The van der Waals surface area contributed by atoms with Gasteiger partial charge in [0.25, 0.3) is 15.9 Å². The summed E-state index contributed by atoms with van der Waals surface area (Å²) >= 11 is 0. The highest BCUT2D eigenvalue weighted by molar-refractivity contribution is 7.92. The fourth-order valence-corrected chi connectivity index (χ4v) is 4.58. The van der Waals surface area contributed by atoms with Crippen molar-refractivity contribution in [3.05, 3.63) is 54.1 Å². The number of hydrogen-bond acceptors (Lipinski definition) is 4. The minimum absolute atomic E-state index is 0.0797. The van der Waals surface area contributed by atoms with Crippen LogP contribution in [0.5, 0.6) is 5.75 Å². The number of nitrogens with one attached hydrogen (secondary N) is 1. The topological polar surface area (TPSA) is 75.7 Å². The van der Waals surface area contributed by atoms with Gasteiger partial charge >= 0.3 is 0 Å². The average molecular weight is 403 g/mol. The molecule has 2 aromatic carbocycles. The quantitative estimate of drug-likeness (QED) is 0.853. The van der Waals surface area contributed by atoms with Crippen LogP contribution in [0.25, 0.3) is 0 Å². The number of hydrogen-bond donors (Lipinski definition) is 1. The van der Waals surface area contributed by atoms with Crippen LogP contribution in [0.4, 0.5) is 5.69 Å². The minimum atomic E-state index is -3.85. The molecule has 0 saturated heterocycles. The largest absolute Gasteiger partial charge is 0.476 e. The summed E-state index contributed by atoms with van der Waals surface area (Å²) in [6, 6.07) is 13.7. The number of amides is 1. The lowest BCUT2D eigenvalue weighted by Crippen LogP contribution is -2.50. The third-order valence-corrected chi connectivity index (χ3v) is 6.46. The first-order chi connectivity index (χ1) is 13.1. The molecule has 1 N–H and O–H groups in total. The summed E-state index contributed by atoms with van der Waals surface area (Å²) in [6.07, 6.45) is -0.911. The highest BCUT2D eigenvalue weighted by Crippen LogP contribution is 2.40. The van der Waals surface area contributed by atoms with Gasteiger partial charge in [-0.2, -0.15) is 0 Å². The van der Waals surface area contributed by atoms with E-state index in [0.717, 1.165) is 5.56 Å². The minimum Gasteiger partial charge on any atom is -0.476 e. The molecule has 3 rings (SSSR count). The third kappa shape index (κ3) is 3.85. The molecule has 0 saturated carbocycles. The summed E-state index contributed by atoms with van der Waals surface area (Å²) < 4.78 is 33.9. The summed E-state index contributed by atoms with van der Waals surface area (Å²) in [7, 11) is -3.85. The van der Waals surface area contributed by atoms with Crippen LogP contribution in [0.3, 0.4) is 0 Å². The Labute approximate surface area is 166 Å². The standard InChI is InChI=1S/C21H26N2O4S/c1-5-22-20(24)19-14-23(28(25,26)16-9-7-6-8-10-16)17-13-15(21(2,3)4)11-12-18(17)27-19/h6-13,19H,5,14H2,1-4H3,(H,22,24)/t19-/m0/s1. The number of carbonyl (C=O) groups excluding carboxylic acids is 1. The fraction of sp³-hybridized carbons (Fsp3) is 0.381. The molecule has 1 aliphatic rings. The predicted molar refractivity (Wildman–Crippen MR) is 109 cm³/mol. The second-order valence-electron chi connectivity index (χ2n) is 7.78. The SMILES string of the molecule is CCNC(=O)[C@@H]1CN(S(=O)(=O)c2ccccc2)c2cc(C(C)(C)C)ccc2O1. The van der Waals surface area contributed by atoms with Crippen molar-refractivity contribution in [1.29, 1.82) is 0 Å². The van der Waals surface area contributed by atoms with Gasteiger partial charge in [-0.1, -0.05) is 45.0 Å². The number of likely N-dealkylation sites (N-methyl/N-ethyl adjacent to an activating group) is 1. The van der Waals surface area contributed by atoms with Crippen molar-refractivity contribution in [3.8, 4) is 5.75 Å². The normalized spacial score (nSPS) is 16.9. The maximum atomic E-state index is 13.4. The first-order valence-electron chi connectivity index (χ1n) is 9.31. The van der Waals surface area contributed by atoms with Gasteiger partial charge in [-0.05, 0) is 42.2 Å². The van der Waals surface area contributed by atoms with Crippen molar-refractivity contribution in [3.63, 3.8) is 0 Å². The maximum Gasteiger partial charge on any atom is 0.264 e. The first-order valence-corrected chi connectivity index (χ1v) is 10.8. The Morgan fingerprint density at radius 2 is 1.86 bits per heavy atom. The van der Waals surface area contributed by atoms with E-state index in [1.807, 2.05) is 19.1 Å². The lowest BCUT2D eigenvalue weighted by atomic mass is 9.86. The van der Waals surface area contributed by atoms with Gasteiger partial charge in [0.15, 0.2) is 6.10 Å². The van der Waals surface area contributed by atoms with E-state index in [9.17, 15) is 13.2 Å². The van der Waals surface area contributed by atoms with Crippen molar-refractivity contribution in [2.75, 3.05) is 17.4 Å². The molecule has 0 unspecified atom stereocenters. The third-order valence-electron chi connectivity index (χ3n) is 4.67. The summed E-state index contributed by atoms with van der Waals surface area (Å²) in [6.45, 7) is 8.36. The van der Waals surface area contributed by atoms with E-state index in [1.54, 1.807) is 36.4 Å². The van der Waals surface area contributed by atoms with Gasteiger partial charge < -0.3 is 10.1 Å². The smallest absolute Gasteiger partial charge is 0.264 e. The molecule has 1 aliphatic heterocycles. The molecule has 0 spiro atoms. The molecule has 1 atom stereocenters. The lowest BCUT2D eigenvalue weighted by molar-refractivity contribution is -0.127. The van der Waals surface area contributed by atoms with E-state index in [4.69, 9.17) is 4.74 Å². The van der Waals surface area contributed by atoms with Crippen LogP contribution in [0.1, 0.15) is 33.3 Å². The Bertz CT molecular complexity index is 966. The zero-order valence-electron chi connectivity index (χ0n) is 16.6. The van der Waals surface area contributed by atoms with Crippen molar-refractivity contribution in [2.24, 2.45) is 0 Å². The monoisotopic (exact) mass is 402 g/mol. The molecule has 28 heavy (non-hydrogen) atoms. The second kappa shape index (κ2) is 7.47. The van der Waals surface area contributed by atoms with Crippen LogP contribution in [0, 0.1) is 0 Å². The summed E-state index contributed by atoms with van der Waals surface area (Å²) in [5.74, 6) is 0.0521. The molecule has 0 radical (unpaired) electrons. The van der Waals surface area contributed by atoms with E-state index in [0.29, 0.717) is 18.0 Å². The fourth-order valence-electron chi connectivity index (χ4n) is 3.09. The number of rotatable bonds is 4. The molecule has 150 valence electrons. The molecule has 1 amide bonds. The summed E-state index contributed by atoms with van der Waals surface area (Å²) in [5, 5.41) is 2.71. The van der Waals surface area contributed by atoms with Gasteiger partial charge in [-0.15, -0.1) is 0 Å². The van der Waals surface area contributed by atoms with Crippen LogP contribution >= 0.6 is 0 Å². The van der Waals surface area contributed by atoms with E-state index in [1.165, 1.54) is 4.31 Å². The molecule has 2 aromatic rings. The first kappa shape index (κ1) is 20.2. The Morgan fingerprint density at radius 3 is 2.46 bits per heavy atom. The van der Waals surface area contributed by atoms with Crippen molar-refractivity contribution in [1.82, 2.24) is 5.32 Å². The molecule has 1 heterocycles. The lowest BCUT2D eigenvalue weighted by Gasteiger charge is -2.35. The Kier molecular flexibility index (Phi) is 5.39. The number of nitrogens with zero attached hydrogens (tertiary/aromatic N) is 1. The summed E-state index contributed by atoms with van der Waals surface area (Å²) in [4.78, 5) is 12.6. The molecule has 0 aromatic heterocycles. The highest BCUT2D eigenvalue weighted by atomic mass is 32.2. The summed E-state index contributed by atoms with van der Waals surface area (Å²) in [5.41, 5.74) is 1.28. The van der Waals surface area contributed by atoms with Gasteiger partial charge in [0.05, 0.1) is 17.1 Å². The van der Waals surface area contributed by atoms with Crippen molar-refractivity contribution >= 4 is 21.6 Å². The zero-order chi connectivity index (χ0) is 20.5. The van der Waals surface area contributed by atoms with Crippen LogP contribution in [-0.2, 0) is 20.2 Å². The Hall–Kier alpha value is -2.54. The van der Waals surface area contributed by atoms with Gasteiger partial charge in [0.1, 0.15) is 5.75 Å². The van der Waals surface area contributed by atoms with Crippen LogP contribution in [-0.4, -0.2) is 33.5 Å². The molecular weight excluding hydrogens is 376 g/mol. The van der Waals surface area contributed by atoms with E-state index >= 15 is 0 Å². The molecular formula is C21H26N2O4S. The van der Waals surface area contributed by atoms with E-state index < -0.39 is 16.1 Å². The number of anilines is 1. The Balaban J connectivity index is 2.12. The number of sulfonamides is 1. The number of ether oxygens (including phenoxy) is 1. The maximum absolute atomic E-state index is 13.4. The van der Waals surface area contributed by atoms with Gasteiger partial charge in [0.2, 0.25) is 0 Å². The molecule has 0 fully saturated rings. The number of fused-ring (bicyclic) bond motifs is 1. The molecule has 7 heteroatoms. The van der Waals surface area contributed by atoms with Crippen molar-refractivity contribution in [2.45, 2.75) is 44.1 Å². The average Bonchev–Trinajstić information content (AvgIpc) is 2.66. The van der Waals surface area contributed by atoms with E-state index in [-0.39, 0.29) is 22.8 Å².